The first kappa shape index (κ1) is 26.9. The Bertz CT molecular complexity index is 638. The van der Waals surface area contributed by atoms with Crippen molar-refractivity contribution in [1.29, 1.82) is 0 Å². The van der Waals surface area contributed by atoms with Gasteiger partial charge in [-0.2, -0.15) is 0 Å². The Balaban J connectivity index is 3.48. The molecule has 0 aromatic heterocycles. The summed E-state index contributed by atoms with van der Waals surface area (Å²) in [7, 11) is 1.83. The lowest BCUT2D eigenvalue weighted by Crippen LogP contribution is -2.48. The summed E-state index contributed by atoms with van der Waals surface area (Å²) in [5.74, 6) is 0.452. The van der Waals surface area contributed by atoms with Gasteiger partial charge in [-0.3, -0.25) is 9.79 Å². The van der Waals surface area contributed by atoms with Crippen LogP contribution >= 0.6 is 0 Å². The first-order valence-corrected chi connectivity index (χ1v) is 11.8. The van der Waals surface area contributed by atoms with Crippen LogP contribution in [0.3, 0.4) is 0 Å². The van der Waals surface area contributed by atoms with E-state index in [1.807, 2.05) is 34.7 Å². The van der Waals surface area contributed by atoms with E-state index in [1.54, 1.807) is 0 Å². The van der Waals surface area contributed by atoms with E-state index in [0.717, 1.165) is 31.4 Å². The molecule has 1 fully saturated rings. The number of nitrogens with zero attached hydrogens (tertiary/aromatic N) is 1. The predicted octanol–water partition coefficient (Wildman–Crippen LogP) is 6.08. The van der Waals surface area contributed by atoms with Gasteiger partial charge >= 0.3 is 0 Å². The standard InChI is InChI=1S/C26H47NO3/c1-12-21-25(8,9)24(29)19(6)22(27-11)16(3)14-26(10,13-2)15-17(4)23(28)18(5)20(7)30-21/h16-19,21,24,29H,7,12-15H2,1-6,8-11H3/t16-,17-,18?,19?,21-,24?,26-/m1/s1. The van der Waals surface area contributed by atoms with Crippen LogP contribution in [-0.4, -0.2) is 35.9 Å². The fraction of sp³-hybridized carbons (Fsp3) is 0.846. The van der Waals surface area contributed by atoms with Gasteiger partial charge in [0.25, 0.3) is 0 Å². The van der Waals surface area contributed by atoms with E-state index in [2.05, 4.69) is 46.2 Å². The zero-order valence-corrected chi connectivity index (χ0v) is 21.2. The van der Waals surface area contributed by atoms with Crippen LogP contribution in [0.4, 0.5) is 0 Å². The minimum atomic E-state index is -0.614. The molecule has 0 amide bonds. The number of carbonyl (C=O) groups excluding carboxylic acids is 1. The van der Waals surface area contributed by atoms with E-state index < -0.39 is 11.5 Å². The quantitative estimate of drug-likeness (QED) is 0.588. The Hall–Kier alpha value is -1.16. The zero-order valence-electron chi connectivity index (χ0n) is 21.2. The second-order valence-corrected chi connectivity index (χ2v) is 10.7. The average Bonchev–Trinajstić information content (AvgIpc) is 2.69. The molecule has 174 valence electrons. The highest BCUT2D eigenvalue weighted by atomic mass is 16.5. The highest BCUT2D eigenvalue weighted by molar-refractivity contribution is 5.89. The van der Waals surface area contributed by atoms with Crippen LogP contribution in [0, 0.1) is 34.5 Å². The number of rotatable bonds is 2. The van der Waals surface area contributed by atoms with Crippen LogP contribution in [-0.2, 0) is 9.53 Å². The van der Waals surface area contributed by atoms with Gasteiger partial charge < -0.3 is 9.84 Å². The lowest BCUT2D eigenvalue weighted by atomic mass is 9.67. The van der Waals surface area contributed by atoms with Crippen molar-refractivity contribution >= 4 is 11.5 Å². The Morgan fingerprint density at radius 3 is 2.10 bits per heavy atom. The molecule has 0 radical (unpaired) electrons. The van der Waals surface area contributed by atoms with Gasteiger partial charge in [0, 0.05) is 30.0 Å². The largest absolute Gasteiger partial charge is 0.494 e. The van der Waals surface area contributed by atoms with Crippen molar-refractivity contribution in [3.8, 4) is 0 Å². The van der Waals surface area contributed by atoms with Gasteiger partial charge in [0.2, 0.25) is 0 Å². The van der Waals surface area contributed by atoms with E-state index in [9.17, 15) is 9.90 Å². The van der Waals surface area contributed by atoms with Gasteiger partial charge in [0.1, 0.15) is 11.9 Å². The van der Waals surface area contributed by atoms with Crippen molar-refractivity contribution in [1.82, 2.24) is 0 Å². The maximum Gasteiger partial charge on any atom is 0.145 e. The second kappa shape index (κ2) is 10.4. The van der Waals surface area contributed by atoms with E-state index in [1.165, 1.54) is 0 Å². The summed E-state index contributed by atoms with van der Waals surface area (Å²) in [6.45, 7) is 23.0. The number of hydrogen-bond donors (Lipinski definition) is 1. The Morgan fingerprint density at radius 1 is 1.10 bits per heavy atom. The van der Waals surface area contributed by atoms with Crippen LogP contribution < -0.4 is 0 Å². The van der Waals surface area contributed by atoms with Crippen LogP contribution in [0.1, 0.15) is 88.0 Å². The van der Waals surface area contributed by atoms with Crippen molar-refractivity contribution in [2.45, 2.75) is 100 Å². The third kappa shape index (κ3) is 5.75. The molecule has 1 aliphatic rings. The van der Waals surface area contributed by atoms with Crippen molar-refractivity contribution < 1.29 is 14.6 Å². The SMILES string of the molecule is C=C1O[C@H](CC)C(C)(C)C(O)C(C)C(=NC)[C@H](C)C[C@@](C)(CC)C[C@@H](C)C(=O)C1C. The van der Waals surface area contributed by atoms with Crippen molar-refractivity contribution in [3.05, 3.63) is 12.3 Å². The highest BCUT2D eigenvalue weighted by Gasteiger charge is 2.44. The van der Waals surface area contributed by atoms with E-state index >= 15 is 0 Å². The third-order valence-corrected chi connectivity index (χ3v) is 7.81. The topological polar surface area (TPSA) is 58.9 Å². The molecule has 7 atom stereocenters. The van der Waals surface area contributed by atoms with Gasteiger partial charge in [-0.15, -0.1) is 0 Å². The van der Waals surface area contributed by atoms with Crippen molar-refractivity contribution in [3.63, 3.8) is 0 Å². The second-order valence-electron chi connectivity index (χ2n) is 10.7. The smallest absolute Gasteiger partial charge is 0.145 e. The number of aliphatic hydroxyl groups is 1. The van der Waals surface area contributed by atoms with Crippen molar-refractivity contribution in [2.24, 2.45) is 39.5 Å². The summed E-state index contributed by atoms with van der Waals surface area (Å²) >= 11 is 0. The molecule has 1 saturated heterocycles. The number of aliphatic imine (C=N–C) groups is 1. The maximum absolute atomic E-state index is 13.2. The Kier molecular flexibility index (Phi) is 9.35. The lowest BCUT2D eigenvalue weighted by Gasteiger charge is -2.43. The number of ketones is 1. The van der Waals surface area contributed by atoms with Gasteiger partial charge in [-0.25, -0.2) is 0 Å². The van der Waals surface area contributed by atoms with Gasteiger partial charge in [0.05, 0.1) is 17.8 Å². The molecule has 0 spiro atoms. The number of carbonyl (C=O) groups is 1. The fourth-order valence-corrected chi connectivity index (χ4v) is 5.56. The first-order chi connectivity index (χ1) is 13.8. The molecule has 1 rings (SSSR count). The molecule has 3 unspecified atom stereocenters. The summed E-state index contributed by atoms with van der Waals surface area (Å²) in [4.78, 5) is 17.8. The molecule has 1 N–H and O–H groups in total. The molecule has 30 heavy (non-hydrogen) atoms. The molecule has 0 aromatic rings. The Morgan fingerprint density at radius 2 is 1.63 bits per heavy atom. The summed E-state index contributed by atoms with van der Waals surface area (Å²) in [6, 6.07) is 0. The predicted molar refractivity (Wildman–Crippen MR) is 127 cm³/mol. The summed E-state index contributed by atoms with van der Waals surface area (Å²) in [5, 5.41) is 11.4. The number of ether oxygens (including phenoxy) is 1. The van der Waals surface area contributed by atoms with E-state index in [-0.39, 0.29) is 41.0 Å². The number of hydrogen-bond acceptors (Lipinski definition) is 4. The number of Topliss-reactive ketones (excluding diaryl/α,β-unsaturated/α-hetero) is 1. The molecule has 4 heteroatoms. The van der Waals surface area contributed by atoms with Crippen LogP contribution in [0.25, 0.3) is 0 Å². The van der Waals surface area contributed by atoms with Gasteiger partial charge in [0.15, 0.2) is 0 Å². The summed E-state index contributed by atoms with van der Waals surface area (Å²) < 4.78 is 6.27. The van der Waals surface area contributed by atoms with E-state index in [4.69, 9.17) is 4.74 Å². The third-order valence-electron chi connectivity index (χ3n) is 7.81. The number of allylic oxidation sites excluding steroid dienone is 1. The Labute approximate surface area is 185 Å². The summed E-state index contributed by atoms with van der Waals surface area (Å²) in [6.07, 6.45) is 2.67. The van der Waals surface area contributed by atoms with E-state index in [0.29, 0.717) is 5.76 Å². The first-order valence-electron chi connectivity index (χ1n) is 11.8. The van der Waals surface area contributed by atoms with Gasteiger partial charge in [-0.05, 0) is 37.5 Å². The molecule has 1 heterocycles. The number of aliphatic hydroxyl groups excluding tert-OH is 1. The molecule has 1 aliphatic heterocycles. The minimum Gasteiger partial charge on any atom is -0.494 e. The average molecular weight is 422 g/mol. The van der Waals surface area contributed by atoms with Crippen LogP contribution in [0.5, 0.6) is 0 Å². The normalized spacial score (nSPS) is 40.7. The molecule has 0 aliphatic carbocycles. The van der Waals surface area contributed by atoms with Gasteiger partial charge in [-0.1, -0.05) is 68.4 Å². The molecule has 4 nitrogen and oxygen atoms in total. The highest BCUT2D eigenvalue weighted by Crippen LogP contribution is 2.42. The van der Waals surface area contributed by atoms with Crippen LogP contribution in [0.2, 0.25) is 0 Å². The fourth-order valence-electron chi connectivity index (χ4n) is 5.56. The monoisotopic (exact) mass is 421 g/mol. The minimum absolute atomic E-state index is 0.0304. The molecule has 0 saturated carbocycles. The summed E-state index contributed by atoms with van der Waals surface area (Å²) in [5.41, 5.74) is 0.565. The molecular weight excluding hydrogens is 374 g/mol. The zero-order chi connectivity index (χ0) is 23.4. The van der Waals surface area contributed by atoms with Crippen LogP contribution in [0.15, 0.2) is 17.3 Å². The lowest BCUT2D eigenvalue weighted by molar-refractivity contribution is -0.129. The molecular formula is C26H47NO3. The molecule has 0 bridgehead atoms. The molecule has 0 aromatic carbocycles. The maximum atomic E-state index is 13.2. The van der Waals surface area contributed by atoms with Crippen molar-refractivity contribution in [2.75, 3.05) is 7.05 Å².